The number of hydrogen-bond acceptors (Lipinski definition) is 4. The van der Waals surface area contributed by atoms with Crippen LogP contribution in [-0.2, 0) is 9.84 Å². The van der Waals surface area contributed by atoms with Gasteiger partial charge in [-0.25, -0.2) is 8.42 Å². The van der Waals surface area contributed by atoms with Gasteiger partial charge in [-0.2, -0.15) is 0 Å². The number of nitrogens with zero attached hydrogens (tertiary/aromatic N) is 1. The van der Waals surface area contributed by atoms with Crippen molar-refractivity contribution in [3.8, 4) is 0 Å². The predicted octanol–water partition coefficient (Wildman–Crippen LogP) is 0.524. The summed E-state index contributed by atoms with van der Waals surface area (Å²) < 4.78 is 23.0. The molecule has 104 valence electrons. The van der Waals surface area contributed by atoms with Gasteiger partial charge in [0.25, 0.3) is 5.91 Å². The van der Waals surface area contributed by atoms with Crippen molar-refractivity contribution in [2.75, 3.05) is 25.9 Å². The lowest BCUT2D eigenvalue weighted by Crippen LogP contribution is -2.51. The van der Waals surface area contributed by atoms with Gasteiger partial charge in [-0.05, 0) is 25.1 Å². The van der Waals surface area contributed by atoms with Gasteiger partial charge in [0, 0.05) is 37.5 Å². The summed E-state index contributed by atoms with van der Waals surface area (Å²) in [5, 5.41) is 3.26. The molecule has 0 aliphatic carbocycles. The van der Waals surface area contributed by atoms with Gasteiger partial charge in [-0.1, -0.05) is 6.07 Å². The minimum absolute atomic E-state index is 0.112. The SMILES string of the molecule is CC1CN(C(=O)c2cccc(S(C)(=O)=O)c2)CCN1. The van der Waals surface area contributed by atoms with E-state index in [1.165, 1.54) is 12.1 Å². The van der Waals surface area contributed by atoms with Crippen molar-refractivity contribution in [2.24, 2.45) is 0 Å². The Morgan fingerprint density at radius 1 is 1.42 bits per heavy atom. The van der Waals surface area contributed by atoms with E-state index in [1.54, 1.807) is 17.0 Å². The molecule has 19 heavy (non-hydrogen) atoms. The molecule has 5 nitrogen and oxygen atoms in total. The number of carbonyl (C=O) groups is 1. The molecule has 0 aromatic heterocycles. The first-order valence-corrected chi connectivity index (χ1v) is 8.10. The van der Waals surface area contributed by atoms with Crippen molar-refractivity contribution in [3.63, 3.8) is 0 Å². The molecular formula is C13H18N2O3S. The number of carbonyl (C=O) groups excluding carboxylic acids is 1. The zero-order valence-corrected chi connectivity index (χ0v) is 11.9. The van der Waals surface area contributed by atoms with Crippen LogP contribution in [-0.4, -0.2) is 51.2 Å². The average Bonchev–Trinajstić information content (AvgIpc) is 2.37. The highest BCUT2D eigenvalue weighted by Gasteiger charge is 2.22. The van der Waals surface area contributed by atoms with E-state index in [-0.39, 0.29) is 16.8 Å². The topological polar surface area (TPSA) is 66.5 Å². The van der Waals surface area contributed by atoms with Gasteiger partial charge < -0.3 is 10.2 Å². The molecule has 2 rings (SSSR count). The van der Waals surface area contributed by atoms with E-state index in [4.69, 9.17) is 0 Å². The van der Waals surface area contributed by atoms with Gasteiger partial charge >= 0.3 is 0 Å². The molecule has 1 atom stereocenters. The molecule has 1 aliphatic rings. The van der Waals surface area contributed by atoms with Crippen molar-refractivity contribution in [3.05, 3.63) is 29.8 Å². The first-order valence-electron chi connectivity index (χ1n) is 6.21. The number of benzene rings is 1. The van der Waals surface area contributed by atoms with E-state index in [0.717, 1.165) is 12.8 Å². The van der Waals surface area contributed by atoms with Crippen LogP contribution >= 0.6 is 0 Å². The van der Waals surface area contributed by atoms with Gasteiger partial charge in [-0.3, -0.25) is 4.79 Å². The van der Waals surface area contributed by atoms with Crippen LogP contribution in [0.3, 0.4) is 0 Å². The third-order valence-corrected chi connectivity index (χ3v) is 4.28. The van der Waals surface area contributed by atoms with Crippen LogP contribution in [0.25, 0.3) is 0 Å². The number of hydrogen-bond donors (Lipinski definition) is 1. The number of piperazine rings is 1. The molecule has 1 aliphatic heterocycles. The molecule has 1 N–H and O–H groups in total. The summed E-state index contributed by atoms with van der Waals surface area (Å²) in [5.74, 6) is -0.112. The second-order valence-electron chi connectivity index (χ2n) is 4.91. The Kier molecular flexibility index (Phi) is 3.91. The predicted molar refractivity (Wildman–Crippen MR) is 72.9 cm³/mol. The summed E-state index contributed by atoms with van der Waals surface area (Å²) in [7, 11) is -3.28. The molecule has 0 bridgehead atoms. The molecule has 1 unspecified atom stereocenters. The number of nitrogens with one attached hydrogen (secondary N) is 1. The van der Waals surface area contributed by atoms with E-state index in [0.29, 0.717) is 18.7 Å². The fraction of sp³-hybridized carbons (Fsp3) is 0.462. The fourth-order valence-corrected chi connectivity index (χ4v) is 2.83. The van der Waals surface area contributed by atoms with Gasteiger partial charge in [0.2, 0.25) is 0 Å². The first-order chi connectivity index (χ1) is 8.88. The molecule has 1 heterocycles. The van der Waals surface area contributed by atoms with E-state index >= 15 is 0 Å². The summed E-state index contributed by atoms with van der Waals surface area (Å²) in [5.41, 5.74) is 0.428. The quantitative estimate of drug-likeness (QED) is 0.859. The summed E-state index contributed by atoms with van der Waals surface area (Å²) in [6.07, 6.45) is 1.14. The smallest absolute Gasteiger partial charge is 0.253 e. The minimum Gasteiger partial charge on any atom is -0.336 e. The van der Waals surface area contributed by atoms with Gasteiger partial charge in [0.05, 0.1) is 4.90 Å². The van der Waals surface area contributed by atoms with E-state index < -0.39 is 9.84 Å². The minimum atomic E-state index is -3.28. The Bertz CT molecular complexity index is 583. The van der Waals surface area contributed by atoms with Crippen LogP contribution < -0.4 is 5.32 Å². The van der Waals surface area contributed by atoms with Crippen molar-refractivity contribution < 1.29 is 13.2 Å². The average molecular weight is 282 g/mol. The zero-order chi connectivity index (χ0) is 14.0. The molecule has 0 saturated carbocycles. The molecule has 0 radical (unpaired) electrons. The van der Waals surface area contributed by atoms with Crippen molar-refractivity contribution in [1.82, 2.24) is 10.2 Å². The van der Waals surface area contributed by atoms with E-state index in [2.05, 4.69) is 5.32 Å². The largest absolute Gasteiger partial charge is 0.336 e. The summed E-state index contributed by atoms with van der Waals surface area (Å²) >= 11 is 0. The third kappa shape index (κ3) is 3.33. The highest BCUT2D eigenvalue weighted by Crippen LogP contribution is 2.14. The molecule has 1 aromatic carbocycles. The third-order valence-electron chi connectivity index (χ3n) is 3.17. The van der Waals surface area contributed by atoms with E-state index in [9.17, 15) is 13.2 Å². The van der Waals surface area contributed by atoms with Crippen LogP contribution in [0.5, 0.6) is 0 Å². The van der Waals surface area contributed by atoms with E-state index in [1.807, 2.05) is 6.92 Å². The Labute approximate surface area is 113 Å². The maximum absolute atomic E-state index is 12.3. The monoisotopic (exact) mass is 282 g/mol. The van der Waals surface area contributed by atoms with Gasteiger partial charge in [0.1, 0.15) is 0 Å². The fourth-order valence-electron chi connectivity index (χ4n) is 2.16. The second kappa shape index (κ2) is 5.30. The standard InChI is InChI=1S/C13H18N2O3S/c1-10-9-15(7-6-14-10)13(16)11-4-3-5-12(8-11)19(2,17)18/h3-5,8,10,14H,6-7,9H2,1-2H3. The van der Waals surface area contributed by atoms with Gasteiger partial charge in [0.15, 0.2) is 9.84 Å². The lowest BCUT2D eigenvalue weighted by molar-refractivity contribution is 0.0709. The second-order valence-corrected chi connectivity index (χ2v) is 6.92. The maximum atomic E-state index is 12.3. The molecule has 1 saturated heterocycles. The van der Waals surface area contributed by atoms with Gasteiger partial charge in [-0.15, -0.1) is 0 Å². The van der Waals surface area contributed by atoms with Crippen LogP contribution in [0.1, 0.15) is 17.3 Å². The lowest BCUT2D eigenvalue weighted by Gasteiger charge is -2.32. The number of rotatable bonds is 2. The molecule has 6 heteroatoms. The Balaban J connectivity index is 2.24. The first kappa shape index (κ1) is 14.0. The van der Waals surface area contributed by atoms with Crippen LogP contribution in [0.15, 0.2) is 29.2 Å². The molecule has 1 amide bonds. The normalized spacial score (nSPS) is 20.3. The Morgan fingerprint density at radius 2 is 2.16 bits per heavy atom. The lowest BCUT2D eigenvalue weighted by atomic mass is 10.1. The number of sulfone groups is 1. The van der Waals surface area contributed by atoms with Crippen molar-refractivity contribution in [2.45, 2.75) is 17.9 Å². The zero-order valence-electron chi connectivity index (χ0n) is 11.1. The highest BCUT2D eigenvalue weighted by molar-refractivity contribution is 7.90. The maximum Gasteiger partial charge on any atom is 0.253 e. The summed E-state index contributed by atoms with van der Waals surface area (Å²) in [4.78, 5) is 14.3. The van der Waals surface area contributed by atoms with Crippen molar-refractivity contribution >= 4 is 15.7 Å². The summed E-state index contributed by atoms with van der Waals surface area (Å²) in [6.45, 7) is 4.07. The Morgan fingerprint density at radius 3 is 2.79 bits per heavy atom. The van der Waals surface area contributed by atoms with Crippen LogP contribution in [0.4, 0.5) is 0 Å². The van der Waals surface area contributed by atoms with Crippen molar-refractivity contribution in [1.29, 1.82) is 0 Å². The highest BCUT2D eigenvalue weighted by atomic mass is 32.2. The molecular weight excluding hydrogens is 264 g/mol. The molecule has 1 aromatic rings. The van der Waals surface area contributed by atoms with Crippen LogP contribution in [0.2, 0.25) is 0 Å². The molecule has 0 spiro atoms. The summed E-state index contributed by atoms with van der Waals surface area (Å²) in [6, 6.07) is 6.48. The number of amides is 1. The Hall–Kier alpha value is -1.40. The molecule has 1 fully saturated rings. The van der Waals surface area contributed by atoms with Crippen LogP contribution in [0, 0.1) is 0 Å².